The van der Waals surface area contributed by atoms with Gasteiger partial charge in [-0.2, -0.15) is 0 Å². The van der Waals surface area contributed by atoms with E-state index < -0.39 is 5.91 Å². The predicted octanol–water partition coefficient (Wildman–Crippen LogP) is 1.48. The van der Waals surface area contributed by atoms with E-state index in [1.54, 1.807) is 6.07 Å². The van der Waals surface area contributed by atoms with Gasteiger partial charge in [0.1, 0.15) is 0 Å². The van der Waals surface area contributed by atoms with Gasteiger partial charge in [-0.05, 0) is 47.0 Å². The van der Waals surface area contributed by atoms with Crippen molar-refractivity contribution in [3.05, 3.63) is 28.2 Å². The number of amides is 1. The van der Waals surface area contributed by atoms with Crippen LogP contribution in [0.15, 0.2) is 22.7 Å². The first-order chi connectivity index (χ1) is 8.08. The van der Waals surface area contributed by atoms with E-state index in [-0.39, 0.29) is 0 Å². The summed E-state index contributed by atoms with van der Waals surface area (Å²) in [5.74, 6) is -0.413. The Balaban J connectivity index is 2.17. The van der Waals surface area contributed by atoms with Gasteiger partial charge in [-0.15, -0.1) is 0 Å². The summed E-state index contributed by atoms with van der Waals surface area (Å²) in [6.45, 7) is 1.92. The molecule has 0 atom stereocenters. The van der Waals surface area contributed by atoms with E-state index in [0.29, 0.717) is 11.6 Å². The van der Waals surface area contributed by atoms with Crippen molar-refractivity contribution in [3.8, 4) is 0 Å². The summed E-state index contributed by atoms with van der Waals surface area (Å²) in [6.07, 6.45) is 2.02. The number of benzene rings is 1. The third-order valence-corrected chi connectivity index (χ3v) is 3.78. The molecule has 1 saturated heterocycles. The third-order valence-electron chi connectivity index (χ3n) is 3.12. The monoisotopic (exact) mass is 297 g/mol. The maximum Gasteiger partial charge on any atom is 0.249 e. The lowest BCUT2D eigenvalue weighted by Crippen LogP contribution is -2.39. The van der Waals surface area contributed by atoms with E-state index in [2.05, 4.69) is 20.8 Å². The van der Waals surface area contributed by atoms with E-state index in [1.807, 2.05) is 12.1 Å². The van der Waals surface area contributed by atoms with Crippen molar-refractivity contribution in [2.45, 2.75) is 18.9 Å². The Bertz CT molecular complexity index is 428. The molecule has 5 heteroatoms. The summed E-state index contributed by atoms with van der Waals surface area (Å²) in [5, 5.41) is 0. The number of carbonyl (C=O) groups is 1. The van der Waals surface area contributed by atoms with Crippen LogP contribution in [0.3, 0.4) is 0 Å². The fraction of sp³-hybridized carbons (Fsp3) is 0.417. The highest BCUT2D eigenvalue weighted by molar-refractivity contribution is 9.10. The maximum atomic E-state index is 11.1. The van der Waals surface area contributed by atoms with E-state index >= 15 is 0 Å². The van der Waals surface area contributed by atoms with Crippen molar-refractivity contribution in [2.75, 3.05) is 18.0 Å². The van der Waals surface area contributed by atoms with Crippen molar-refractivity contribution in [1.29, 1.82) is 0 Å². The fourth-order valence-corrected chi connectivity index (χ4v) is 2.62. The van der Waals surface area contributed by atoms with Gasteiger partial charge in [0, 0.05) is 29.3 Å². The van der Waals surface area contributed by atoms with Crippen LogP contribution in [0.25, 0.3) is 0 Å². The van der Waals surface area contributed by atoms with E-state index in [1.165, 1.54) is 0 Å². The van der Waals surface area contributed by atoms with Gasteiger partial charge in [-0.3, -0.25) is 4.79 Å². The topological polar surface area (TPSA) is 72.4 Å². The van der Waals surface area contributed by atoms with Crippen LogP contribution in [-0.4, -0.2) is 25.0 Å². The van der Waals surface area contributed by atoms with Crippen LogP contribution in [0.2, 0.25) is 0 Å². The van der Waals surface area contributed by atoms with Gasteiger partial charge in [0.05, 0.1) is 5.56 Å². The highest BCUT2D eigenvalue weighted by Gasteiger charge is 2.17. The van der Waals surface area contributed by atoms with Gasteiger partial charge >= 0.3 is 0 Å². The number of nitrogens with zero attached hydrogens (tertiary/aromatic N) is 1. The smallest absolute Gasteiger partial charge is 0.249 e. The van der Waals surface area contributed by atoms with Crippen molar-refractivity contribution in [3.63, 3.8) is 0 Å². The molecule has 0 unspecified atom stereocenters. The molecule has 0 bridgehead atoms. The van der Waals surface area contributed by atoms with Crippen molar-refractivity contribution in [2.24, 2.45) is 11.5 Å². The number of hydrogen-bond donors (Lipinski definition) is 2. The number of carbonyl (C=O) groups excluding carboxylic acids is 1. The minimum atomic E-state index is -0.413. The van der Waals surface area contributed by atoms with Gasteiger partial charge in [-0.1, -0.05) is 0 Å². The summed E-state index contributed by atoms with van der Waals surface area (Å²) < 4.78 is 0.748. The Kier molecular flexibility index (Phi) is 3.69. The molecule has 0 aliphatic carbocycles. The summed E-state index contributed by atoms with van der Waals surface area (Å²) >= 11 is 3.37. The van der Waals surface area contributed by atoms with E-state index in [4.69, 9.17) is 11.5 Å². The lowest BCUT2D eigenvalue weighted by Gasteiger charge is -2.32. The molecule has 1 amide bonds. The molecular weight excluding hydrogens is 282 g/mol. The second-order valence-electron chi connectivity index (χ2n) is 4.35. The number of nitrogens with two attached hydrogens (primary N) is 2. The minimum Gasteiger partial charge on any atom is -0.371 e. The molecule has 4 N–H and O–H groups in total. The summed E-state index contributed by atoms with van der Waals surface area (Å²) in [5.41, 5.74) is 12.8. The highest BCUT2D eigenvalue weighted by atomic mass is 79.9. The Morgan fingerprint density at radius 3 is 2.53 bits per heavy atom. The lowest BCUT2D eigenvalue weighted by molar-refractivity contribution is 0.0999. The third kappa shape index (κ3) is 2.79. The molecular formula is C12H16BrN3O. The molecule has 1 heterocycles. The average Bonchev–Trinajstić information content (AvgIpc) is 2.29. The molecule has 4 nitrogen and oxygen atoms in total. The molecule has 92 valence electrons. The Hall–Kier alpha value is -1.07. The second kappa shape index (κ2) is 5.06. The standard InChI is InChI=1S/C12H16BrN3O/c13-11-7-9(1-2-10(11)12(15)17)16-5-3-8(14)4-6-16/h1-2,7-8H,3-6,14H2,(H2,15,17). The molecule has 2 rings (SSSR count). The van der Waals surface area contributed by atoms with Crippen molar-refractivity contribution in [1.82, 2.24) is 0 Å². The zero-order valence-corrected chi connectivity index (χ0v) is 11.1. The van der Waals surface area contributed by atoms with Crippen LogP contribution in [0.4, 0.5) is 5.69 Å². The normalized spacial score (nSPS) is 17.2. The largest absolute Gasteiger partial charge is 0.371 e. The number of anilines is 1. The second-order valence-corrected chi connectivity index (χ2v) is 5.21. The van der Waals surface area contributed by atoms with E-state index in [9.17, 15) is 4.79 Å². The summed E-state index contributed by atoms with van der Waals surface area (Å²) in [6, 6.07) is 5.95. The first-order valence-electron chi connectivity index (χ1n) is 5.68. The molecule has 0 radical (unpaired) electrons. The van der Waals surface area contributed by atoms with Crippen LogP contribution in [0, 0.1) is 0 Å². The highest BCUT2D eigenvalue weighted by Crippen LogP contribution is 2.26. The molecule has 1 aromatic rings. The first-order valence-corrected chi connectivity index (χ1v) is 6.47. The van der Waals surface area contributed by atoms with Gasteiger partial charge < -0.3 is 16.4 Å². The Morgan fingerprint density at radius 2 is 2.00 bits per heavy atom. The Morgan fingerprint density at radius 1 is 1.35 bits per heavy atom. The lowest BCUT2D eigenvalue weighted by atomic mass is 10.1. The van der Waals surface area contributed by atoms with Crippen LogP contribution >= 0.6 is 15.9 Å². The number of halogens is 1. The van der Waals surface area contributed by atoms with Gasteiger partial charge in [0.25, 0.3) is 0 Å². The molecule has 1 aliphatic heterocycles. The minimum absolute atomic E-state index is 0.319. The predicted molar refractivity (Wildman–Crippen MR) is 72.1 cm³/mol. The van der Waals surface area contributed by atoms with Crippen LogP contribution in [0.1, 0.15) is 23.2 Å². The number of rotatable bonds is 2. The molecule has 1 aromatic carbocycles. The zero-order chi connectivity index (χ0) is 12.4. The maximum absolute atomic E-state index is 11.1. The van der Waals surface area contributed by atoms with Gasteiger partial charge in [0.15, 0.2) is 0 Å². The molecule has 1 aliphatic rings. The van der Waals surface area contributed by atoms with Gasteiger partial charge in [-0.25, -0.2) is 0 Å². The first kappa shape index (κ1) is 12.4. The van der Waals surface area contributed by atoms with Crippen molar-refractivity contribution >= 4 is 27.5 Å². The van der Waals surface area contributed by atoms with E-state index in [0.717, 1.165) is 36.1 Å². The SMILES string of the molecule is NC(=O)c1ccc(N2CCC(N)CC2)cc1Br. The molecule has 0 spiro atoms. The number of piperidine rings is 1. The molecule has 0 aromatic heterocycles. The van der Waals surface area contributed by atoms with Crippen LogP contribution < -0.4 is 16.4 Å². The average molecular weight is 298 g/mol. The van der Waals surface area contributed by atoms with Crippen molar-refractivity contribution < 1.29 is 4.79 Å². The summed E-state index contributed by atoms with van der Waals surface area (Å²) in [7, 11) is 0. The van der Waals surface area contributed by atoms with Crippen LogP contribution in [-0.2, 0) is 0 Å². The quantitative estimate of drug-likeness (QED) is 0.868. The fourth-order valence-electron chi connectivity index (χ4n) is 2.06. The molecule has 1 fully saturated rings. The zero-order valence-electron chi connectivity index (χ0n) is 9.53. The number of hydrogen-bond acceptors (Lipinski definition) is 3. The Labute approximate surface area is 109 Å². The molecule has 17 heavy (non-hydrogen) atoms. The molecule has 0 saturated carbocycles. The van der Waals surface area contributed by atoms with Crippen LogP contribution in [0.5, 0.6) is 0 Å². The van der Waals surface area contributed by atoms with Gasteiger partial charge in [0.2, 0.25) is 5.91 Å². The summed E-state index contributed by atoms with van der Waals surface area (Å²) in [4.78, 5) is 13.4. The number of primary amides is 1.